The molecule has 2 N–H and O–H groups in total. The third-order valence-electron chi connectivity index (χ3n) is 3.45. The fraction of sp³-hybridized carbons (Fsp3) is 0.235. The Bertz CT molecular complexity index is 683. The van der Waals surface area contributed by atoms with Crippen molar-refractivity contribution in [2.75, 3.05) is 10.7 Å². The average Bonchev–Trinajstić information content (AvgIpc) is 2.56. The van der Waals surface area contributed by atoms with Crippen LogP contribution >= 0.6 is 0 Å². The van der Waals surface area contributed by atoms with Crippen molar-refractivity contribution in [1.82, 2.24) is 0 Å². The molecule has 2 rings (SSSR count). The van der Waals surface area contributed by atoms with Crippen molar-refractivity contribution < 1.29 is 4.92 Å². The summed E-state index contributed by atoms with van der Waals surface area (Å²) in [5, 5.41) is 18.2. The lowest BCUT2D eigenvalue weighted by molar-refractivity contribution is -0.384. The molecule has 1 unspecified atom stereocenters. The van der Waals surface area contributed by atoms with Crippen molar-refractivity contribution in [2.24, 2.45) is 5.10 Å². The van der Waals surface area contributed by atoms with Crippen LogP contribution < -0.4 is 10.7 Å². The predicted molar refractivity (Wildman–Crippen MR) is 94.1 cm³/mol. The second-order valence-electron chi connectivity index (χ2n) is 5.21. The first-order valence-electron chi connectivity index (χ1n) is 7.49. The molecule has 0 radical (unpaired) electrons. The molecule has 0 heterocycles. The zero-order valence-electron chi connectivity index (χ0n) is 13.2. The van der Waals surface area contributed by atoms with Gasteiger partial charge in [0.15, 0.2) is 0 Å². The Labute approximate surface area is 135 Å². The minimum absolute atomic E-state index is 0.0580. The summed E-state index contributed by atoms with van der Waals surface area (Å²) in [5.74, 6) is 0. The molecule has 0 aromatic heterocycles. The third kappa shape index (κ3) is 4.81. The van der Waals surface area contributed by atoms with E-state index in [0.29, 0.717) is 11.7 Å². The van der Waals surface area contributed by atoms with E-state index in [1.807, 2.05) is 24.3 Å². The maximum atomic E-state index is 10.6. The van der Waals surface area contributed by atoms with Gasteiger partial charge in [0.2, 0.25) is 0 Å². The van der Waals surface area contributed by atoms with Crippen molar-refractivity contribution in [1.29, 1.82) is 0 Å². The van der Waals surface area contributed by atoms with E-state index < -0.39 is 4.92 Å². The number of hydrogen-bond acceptors (Lipinski definition) is 5. The average molecular weight is 312 g/mol. The molecule has 2 aromatic rings. The summed E-state index contributed by atoms with van der Waals surface area (Å²) in [5.41, 5.74) is 5.62. The largest absolute Gasteiger partial charge is 0.382 e. The molecule has 0 aliphatic rings. The van der Waals surface area contributed by atoms with Gasteiger partial charge >= 0.3 is 0 Å². The number of non-ortho nitro benzene ring substituents is 1. The second kappa shape index (κ2) is 7.93. The van der Waals surface area contributed by atoms with Gasteiger partial charge in [-0.05, 0) is 31.5 Å². The Balaban J connectivity index is 2.04. The molecule has 6 heteroatoms. The van der Waals surface area contributed by atoms with Crippen LogP contribution in [0, 0.1) is 10.1 Å². The van der Waals surface area contributed by atoms with Crippen molar-refractivity contribution in [3.63, 3.8) is 0 Å². The van der Waals surface area contributed by atoms with Gasteiger partial charge in [0.1, 0.15) is 0 Å². The van der Waals surface area contributed by atoms with Gasteiger partial charge in [-0.15, -0.1) is 0 Å². The van der Waals surface area contributed by atoms with E-state index in [0.717, 1.165) is 17.7 Å². The SMILES string of the molecule is CCC(C)Nc1ccccc1/C=N\Nc1ccc([N+](=O)[O-])cc1. The molecule has 120 valence electrons. The van der Waals surface area contributed by atoms with Crippen molar-refractivity contribution in [2.45, 2.75) is 26.3 Å². The van der Waals surface area contributed by atoms with Gasteiger partial charge in [-0.25, -0.2) is 0 Å². The van der Waals surface area contributed by atoms with Crippen LogP contribution in [0.5, 0.6) is 0 Å². The van der Waals surface area contributed by atoms with E-state index >= 15 is 0 Å². The van der Waals surface area contributed by atoms with E-state index in [-0.39, 0.29) is 5.69 Å². The van der Waals surface area contributed by atoms with Crippen LogP contribution in [0.3, 0.4) is 0 Å². The fourth-order valence-electron chi connectivity index (χ4n) is 1.94. The van der Waals surface area contributed by atoms with Gasteiger partial charge in [0.05, 0.1) is 16.8 Å². The molecule has 0 amide bonds. The first kappa shape index (κ1) is 16.5. The number of anilines is 2. The molecule has 0 fully saturated rings. The van der Waals surface area contributed by atoms with Crippen LogP contribution in [0.1, 0.15) is 25.8 Å². The van der Waals surface area contributed by atoms with Gasteiger partial charge in [0, 0.05) is 29.4 Å². The van der Waals surface area contributed by atoms with Crippen LogP contribution in [0.25, 0.3) is 0 Å². The van der Waals surface area contributed by atoms with Crippen LogP contribution in [0.15, 0.2) is 53.6 Å². The highest BCUT2D eigenvalue weighted by Gasteiger charge is 2.04. The highest BCUT2D eigenvalue weighted by Crippen LogP contribution is 2.17. The molecule has 0 bridgehead atoms. The molecule has 0 saturated carbocycles. The maximum absolute atomic E-state index is 10.6. The van der Waals surface area contributed by atoms with E-state index in [4.69, 9.17) is 0 Å². The molecule has 23 heavy (non-hydrogen) atoms. The normalized spacial score (nSPS) is 12.1. The highest BCUT2D eigenvalue weighted by molar-refractivity contribution is 5.88. The Hall–Kier alpha value is -2.89. The van der Waals surface area contributed by atoms with Crippen LogP contribution in [-0.2, 0) is 0 Å². The highest BCUT2D eigenvalue weighted by atomic mass is 16.6. The summed E-state index contributed by atoms with van der Waals surface area (Å²) in [7, 11) is 0. The van der Waals surface area contributed by atoms with Crippen molar-refractivity contribution in [3.05, 3.63) is 64.2 Å². The number of nitro groups is 1. The van der Waals surface area contributed by atoms with E-state index in [9.17, 15) is 10.1 Å². The Morgan fingerprint density at radius 2 is 1.91 bits per heavy atom. The molecule has 6 nitrogen and oxygen atoms in total. The number of hydrogen-bond donors (Lipinski definition) is 2. The minimum Gasteiger partial charge on any atom is -0.382 e. The fourth-order valence-corrected chi connectivity index (χ4v) is 1.94. The predicted octanol–water partition coefficient (Wildman–Crippen LogP) is 4.25. The molecule has 2 aromatic carbocycles. The maximum Gasteiger partial charge on any atom is 0.269 e. The molecule has 0 aliphatic heterocycles. The molecule has 1 atom stereocenters. The molecule has 0 aliphatic carbocycles. The Morgan fingerprint density at radius 1 is 1.22 bits per heavy atom. The van der Waals surface area contributed by atoms with Gasteiger partial charge in [-0.1, -0.05) is 25.1 Å². The summed E-state index contributed by atoms with van der Waals surface area (Å²) in [6, 6.07) is 14.4. The minimum atomic E-state index is -0.427. The molecular formula is C17H20N4O2. The second-order valence-corrected chi connectivity index (χ2v) is 5.21. The van der Waals surface area contributed by atoms with Crippen LogP contribution in [-0.4, -0.2) is 17.2 Å². The molecule has 0 saturated heterocycles. The van der Waals surface area contributed by atoms with Crippen molar-refractivity contribution in [3.8, 4) is 0 Å². The first-order chi connectivity index (χ1) is 11.1. The number of para-hydroxylation sites is 1. The number of nitrogens with zero attached hydrogens (tertiary/aromatic N) is 2. The summed E-state index contributed by atoms with van der Waals surface area (Å²) >= 11 is 0. The zero-order valence-corrected chi connectivity index (χ0v) is 13.2. The van der Waals surface area contributed by atoms with Gasteiger partial charge < -0.3 is 5.32 Å². The third-order valence-corrected chi connectivity index (χ3v) is 3.45. The number of benzene rings is 2. The van der Waals surface area contributed by atoms with E-state index in [1.165, 1.54) is 12.1 Å². The lowest BCUT2D eigenvalue weighted by Crippen LogP contribution is -2.14. The number of nitrogens with one attached hydrogen (secondary N) is 2. The summed E-state index contributed by atoms with van der Waals surface area (Å²) < 4.78 is 0. The lowest BCUT2D eigenvalue weighted by Gasteiger charge is -2.14. The summed E-state index contributed by atoms with van der Waals surface area (Å²) in [4.78, 5) is 10.2. The van der Waals surface area contributed by atoms with E-state index in [1.54, 1.807) is 18.3 Å². The Morgan fingerprint density at radius 3 is 2.57 bits per heavy atom. The topological polar surface area (TPSA) is 79.6 Å². The lowest BCUT2D eigenvalue weighted by atomic mass is 10.1. The number of hydrazone groups is 1. The first-order valence-corrected chi connectivity index (χ1v) is 7.49. The van der Waals surface area contributed by atoms with E-state index in [2.05, 4.69) is 29.7 Å². The quantitative estimate of drug-likeness (QED) is 0.455. The summed E-state index contributed by atoms with van der Waals surface area (Å²) in [6.45, 7) is 4.26. The van der Waals surface area contributed by atoms with Crippen LogP contribution in [0.4, 0.5) is 17.1 Å². The molecular weight excluding hydrogens is 292 g/mol. The van der Waals surface area contributed by atoms with Gasteiger partial charge in [-0.3, -0.25) is 15.5 Å². The monoisotopic (exact) mass is 312 g/mol. The van der Waals surface area contributed by atoms with Crippen LogP contribution in [0.2, 0.25) is 0 Å². The zero-order chi connectivity index (χ0) is 16.7. The Kier molecular flexibility index (Phi) is 5.68. The van der Waals surface area contributed by atoms with Gasteiger partial charge in [-0.2, -0.15) is 5.10 Å². The standard InChI is InChI=1S/C17H20N4O2/c1-3-13(2)19-17-7-5-4-6-14(17)12-18-20-15-8-10-16(11-9-15)21(22)23/h4-13,19-20H,3H2,1-2H3/b18-12-. The van der Waals surface area contributed by atoms with Gasteiger partial charge in [0.25, 0.3) is 5.69 Å². The smallest absolute Gasteiger partial charge is 0.269 e. The number of rotatable bonds is 7. The molecule has 0 spiro atoms. The number of nitro benzene ring substituents is 1. The summed E-state index contributed by atoms with van der Waals surface area (Å²) in [6.07, 6.45) is 2.76. The van der Waals surface area contributed by atoms with Crippen molar-refractivity contribution >= 4 is 23.3 Å².